The lowest BCUT2D eigenvalue weighted by Gasteiger charge is -2.20. The first-order chi connectivity index (χ1) is 15.7. The van der Waals surface area contributed by atoms with E-state index in [0.717, 1.165) is 4.31 Å². The summed E-state index contributed by atoms with van der Waals surface area (Å²) < 4.78 is 26.8. The maximum Gasteiger partial charge on any atom is 0.274 e. The monoisotopic (exact) mass is 486 g/mol. The minimum atomic E-state index is -3.93. The van der Waals surface area contributed by atoms with Crippen LogP contribution in [0.2, 0.25) is 0 Å². The van der Waals surface area contributed by atoms with Gasteiger partial charge in [0.15, 0.2) is 0 Å². The number of nitrogens with one attached hydrogen (secondary N) is 2. The summed E-state index contributed by atoms with van der Waals surface area (Å²) in [6, 6.07) is 10.6. The topological polar surface area (TPSA) is 156 Å². The van der Waals surface area contributed by atoms with E-state index < -0.39 is 21.8 Å². The quantitative estimate of drug-likeness (QED) is 0.388. The van der Waals surface area contributed by atoms with E-state index in [2.05, 4.69) is 15.8 Å². The first kappa shape index (κ1) is 25.7. The van der Waals surface area contributed by atoms with Crippen LogP contribution in [-0.2, 0) is 10.0 Å². The third-order valence-corrected chi connectivity index (χ3v) is 6.96. The predicted octanol–water partition coefficient (Wildman–Crippen LogP) is 2.94. The fourth-order valence-electron chi connectivity index (χ4n) is 2.61. The fraction of sp³-hybridized carbons (Fsp3) is 0.286. The second-order valence-electron chi connectivity index (χ2n) is 6.86. The zero-order valence-electron chi connectivity index (χ0n) is 18.0. The average molecular weight is 487 g/mol. The molecule has 0 saturated carbocycles. The number of rotatable bonds is 10. The molecule has 0 bridgehead atoms. The Morgan fingerprint density at radius 3 is 2.18 bits per heavy atom. The fourth-order valence-corrected chi connectivity index (χ4v) is 4.83. The van der Waals surface area contributed by atoms with E-state index in [0.29, 0.717) is 10.7 Å². The molecule has 0 saturated heterocycles. The van der Waals surface area contributed by atoms with Gasteiger partial charge in [-0.1, -0.05) is 0 Å². The number of sulfonamides is 1. The summed E-state index contributed by atoms with van der Waals surface area (Å²) in [6.07, 6.45) is -0.0178. The van der Waals surface area contributed by atoms with Crippen molar-refractivity contribution >= 4 is 43.9 Å². The molecule has 1 aromatic carbocycles. The highest BCUT2D eigenvalue weighted by molar-refractivity contribution is 7.89. The van der Waals surface area contributed by atoms with Gasteiger partial charge in [0.05, 0.1) is 22.6 Å². The molecule has 0 aliphatic carbocycles. The van der Waals surface area contributed by atoms with Crippen LogP contribution in [-0.4, -0.2) is 43.3 Å². The molecule has 2 amide bonds. The number of thiophene rings is 1. The second-order valence-corrected chi connectivity index (χ2v) is 9.72. The summed E-state index contributed by atoms with van der Waals surface area (Å²) in [5, 5.41) is 26.0. The van der Waals surface area contributed by atoms with Crippen molar-refractivity contribution < 1.29 is 18.0 Å². The molecule has 2 aromatic rings. The van der Waals surface area contributed by atoms with Gasteiger partial charge >= 0.3 is 0 Å². The van der Waals surface area contributed by atoms with Gasteiger partial charge in [0.2, 0.25) is 10.0 Å². The zero-order chi connectivity index (χ0) is 24.4. The highest BCUT2D eigenvalue weighted by atomic mass is 32.2. The molecule has 33 heavy (non-hydrogen) atoms. The van der Waals surface area contributed by atoms with Crippen LogP contribution < -0.4 is 10.7 Å². The molecule has 0 radical (unpaired) electrons. The molecule has 12 heteroatoms. The van der Waals surface area contributed by atoms with Gasteiger partial charge in [-0.25, -0.2) is 13.8 Å². The van der Waals surface area contributed by atoms with E-state index in [9.17, 15) is 18.0 Å². The summed E-state index contributed by atoms with van der Waals surface area (Å²) >= 11 is 1.17. The molecule has 172 valence electrons. The maximum atomic E-state index is 12.9. The SMILES string of the molecule is CC(C)=NNC(=O)c1ccsc1NC(=O)c1ccc(S(=O)(=O)N(CCC#N)CCC#N)cc1. The lowest BCUT2D eigenvalue weighted by molar-refractivity contribution is 0.0956. The van der Waals surface area contributed by atoms with E-state index in [4.69, 9.17) is 10.5 Å². The highest BCUT2D eigenvalue weighted by Gasteiger charge is 2.24. The number of carbonyl (C=O) groups excluding carboxylic acids is 2. The number of anilines is 1. The Kier molecular flexibility index (Phi) is 9.24. The summed E-state index contributed by atoms with van der Waals surface area (Å²) in [5.74, 6) is -0.986. The lowest BCUT2D eigenvalue weighted by Crippen LogP contribution is -2.32. The third kappa shape index (κ3) is 6.95. The Hall–Kier alpha value is -3.58. The molecule has 0 atom stereocenters. The van der Waals surface area contributed by atoms with Crippen LogP contribution in [0.15, 0.2) is 45.7 Å². The van der Waals surface area contributed by atoms with Crippen molar-refractivity contribution in [2.24, 2.45) is 5.10 Å². The smallest absolute Gasteiger partial charge is 0.274 e. The number of hydrogen-bond donors (Lipinski definition) is 2. The van der Waals surface area contributed by atoms with E-state index >= 15 is 0 Å². The van der Waals surface area contributed by atoms with Crippen LogP contribution in [0.25, 0.3) is 0 Å². The Morgan fingerprint density at radius 2 is 1.64 bits per heavy atom. The van der Waals surface area contributed by atoms with E-state index in [-0.39, 0.29) is 42.0 Å². The van der Waals surface area contributed by atoms with Gasteiger partial charge in [0.25, 0.3) is 11.8 Å². The molecular formula is C21H22N6O4S2. The van der Waals surface area contributed by atoms with Gasteiger partial charge in [0.1, 0.15) is 5.00 Å². The lowest BCUT2D eigenvalue weighted by atomic mass is 10.2. The predicted molar refractivity (Wildman–Crippen MR) is 124 cm³/mol. The van der Waals surface area contributed by atoms with Gasteiger partial charge in [-0.2, -0.15) is 19.9 Å². The minimum Gasteiger partial charge on any atom is -0.313 e. The van der Waals surface area contributed by atoms with Crippen molar-refractivity contribution in [1.82, 2.24) is 9.73 Å². The molecule has 2 rings (SSSR count). The number of amides is 2. The number of carbonyl (C=O) groups is 2. The third-order valence-electron chi connectivity index (χ3n) is 4.22. The van der Waals surface area contributed by atoms with Gasteiger partial charge in [-0.15, -0.1) is 11.3 Å². The van der Waals surface area contributed by atoms with Crippen molar-refractivity contribution in [1.29, 1.82) is 10.5 Å². The van der Waals surface area contributed by atoms with Crippen molar-refractivity contribution in [3.63, 3.8) is 0 Å². The molecule has 1 heterocycles. The summed E-state index contributed by atoms with van der Waals surface area (Å²) in [6.45, 7) is 3.39. The number of nitriles is 2. The van der Waals surface area contributed by atoms with Crippen LogP contribution in [0.1, 0.15) is 47.4 Å². The number of hydrogen-bond acceptors (Lipinski definition) is 8. The molecule has 1 aromatic heterocycles. The Bertz CT molecular complexity index is 1200. The summed E-state index contributed by atoms with van der Waals surface area (Å²) in [7, 11) is -3.93. The van der Waals surface area contributed by atoms with Gasteiger partial charge in [-0.05, 0) is 49.6 Å². The molecule has 0 aliphatic rings. The van der Waals surface area contributed by atoms with Gasteiger partial charge < -0.3 is 5.32 Å². The Morgan fingerprint density at radius 1 is 1.03 bits per heavy atom. The summed E-state index contributed by atoms with van der Waals surface area (Å²) in [5.41, 5.74) is 3.50. The first-order valence-corrected chi connectivity index (χ1v) is 12.1. The first-order valence-electron chi connectivity index (χ1n) is 9.75. The van der Waals surface area contributed by atoms with Crippen LogP contribution in [0.4, 0.5) is 5.00 Å². The van der Waals surface area contributed by atoms with Crippen molar-refractivity contribution in [2.45, 2.75) is 31.6 Å². The van der Waals surface area contributed by atoms with Gasteiger partial charge in [-0.3, -0.25) is 9.59 Å². The average Bonchev–Trinajstić information content (AvgIpc) is 3.25. The molecule has 0 unspecified atom stereocenters. The van der Waals surface area contributed by atoms with E-state index in [1.807, 2.05) is 12.1 Å². The minimum absolute atomic E-state index is 0.00892. The number of nitrogens with zero attached hydrogens (tertiary/aromatic N) is 4. The highest BCUT2D eigenvalue weighted by Crippen LogP contribution is 2.24. The zero-order valence-corrected chi connectivity index (χ0v) is 19.7. The molecule has 2 N–H and O–H groups in total. The van der Waals surface area contributed by atoms with Gasteiger partial charge in [0, 0.05) is 37.2 Å². The van der Waals surface area contributed by atoms with Crippen LogP contribution in [0.5, 0.6) is 0 Å². The van der Waals surface area contributed by atoms with Crippen LogP contribution in [0, 0.1) is 22.7 Å². The Balaban J connectivity index is 2.17. The van der Waals surface area contributed by atoms with Crippen molar-refractivity contribution in [3.05, 3.63) is 46.8 Å². The largest absolute Gasteiger partial charge is 0.313 e. The van der Waals surface area contributed by atoms with Crippen molar-refractivity contribution in [2.75, 3.05) is 18.4 Å². The van der Waals surface area contributed by atoms with E-state index in [1.54, 1.807) is 25.3 Å². The number of hydrazone groups is 1. The molecule has 0 spiro atoms. The van der Waals surface area contributed by atoms with Crippen LogP contribution >= 0.6 is 11.3 Å². The van der Waals surface area contributed by atoms with Crippen LogP contribution in [0.3, 0.4) is 0 Å². The standard InChI is InChI=1S/C21H22N6O4S2/c1-15(2)25-26-20(29)18-9-14-32-21(18)24-19(28)16-5-7-17(8-6-16)33(30,31)27(12-3-10-22)13-4-11-23/h5-9,14H,3-4,12-13H2,1-2H3,(H,24,28)(H,26,29). The van der Waals surface area contributed by atoms with E-state index in [1.165, 1.54) is 35.6 Å². The normalized spacial score (nSPS) is 10.7. The molecule has 0 aliphatic heterocycles. The molecule has 0 fully saturated rings. The maximum absolute atomic E-state index is 12.9. The second kappa shape index (κ2) is 11.9. The van der Waals surface area contributed by atoms with Crippen molar-refractivity contribution in [3.8, 4) is 12.1 Å². The number of benzene rings is 1. The molecular weight excluding hydrogens is 464 g/mol. The Labute approximate surface area is 196 Å². The molecule has 10 nitrogen and oxygen atoms in total. The summed E-state index contributed by atoms with van der Waals surface area (Å²) in [4.78, 5) is 24.8.